The highest BCUT2D eigenvalue weighted by Gasteiger charge is 1.98. The highest BCUT2D eigenvalue weighted by atomic mass is 16.1. The summed E-state index contributed by atoms with van der Waals surface area (Å²) in [5.41, 5.74) is 1.30. The van der Waals surface area contributed by atoms with Gasteiger partial charge in [-0.1, -0.05) is 17.7 Å². The van der Waals surface area contributed by atoms with Gasteiger partial charge in [0.15, 0.2) is 0 Å². The van der Waals surface area contributed by atoms with E-state index in [-0.39, 0.29) is 5.92 Å². The number of allylic oxidation sites excluding steroid dienone is 3. The van der Waals surface area contributed by atoms with Gasteiger partial charge in [-0.05, 0) is 26.7 Å². The Hall–Kier alpha value is -0.850. The number of aldehydes is 1. The zero-order chi connectivity index (χ0) is 8.69. The third kappa shape index (κ3) is 5.59. The van der Waals surface area contributed by atoms with E-state index in [0.717, 1.165) is 19.1 Å². The first kappa shape index (κ1) is 10.2. The fourth-order valence-electron chi connectivity index (χ4n) is 0.806. The molecule has 0 aromatic heterocycles. The molecule has 11 heavy (non-hydrogen) atoms. The molecule has 0 rings (SSSR count). The summed E-state index contributed by atoms with van der Waals surface area (Å²) in [7, 11) is 0. The van der Waals surface area contributed by atoms with Crippen LogP contribution in [0.2, 0.25) is 0 Å². The fraction of sp³-hybridized carbons (Fsp3) is 0.500. The first-order chi connectivity index (χ1) is 5.20. The van der Waals surface area contributed by atoms with Gasteiger partial charge in [0.1, 0.15) is 6.29 Å². The molecule has 0 heterocycles. The smallest absolute Gasteiger partial charge is 0.126 e. The maximum absolute atomic E-state index is 10.3. The average Bonchev–Trinajstić information content (AvgIpc) is 1.98. The Morgan fingerprint density at radius 2 is 2.18 bits per heavy atom. The van der Waals surface area contributed by atoms with Crippen molar-refractivity contribution in [1.82, 2.24) is 0 Å². The van der Waals surface area contributed by atoms with Gasteiger partial charge in [0.2, 0.25) is 0 Å². The summed E-state index contributed by atoms with van der Waals surface area (Å²) in [6.45, 7) is 7.70. The van der Waals surface area contributed by atoms with Gasteiger partial charge >= 0.3 is 0 Å². The zero-order valence-corrected chi connectivity index (χ0v) is 7.34. The van der Waals surface area contributed by atoms with Gasteiger partial charge in [0, 0.05) is 5.92 Å². The van der Waals surface area contributed by atoms with Gasteiger partial charge in [-0.15, -0.1) is 6.58 Å². The molecule has 0 radical (unpaired) electrons. The van der Waals surface area contributed by atoms with Gasteiger partial charge in [-0.3, -0.25) is 0 Å². The fourth-order valence-corrected chi connectivity index (χ4v) is 0.806. The SMILES string of the molecule is C=C[C@@H](C=O)CCC=C(C)C. The van der Waals surface area contributed by atoms with Gasteiger partial charge in [0.05, 0.1) is 0 Å². The lowest BCUT2D eigenvalue weighted by Crippen LogP contribution is -1.95. The molecule has 0 aromatic carbocycles. The van der Waals surface area contributed by atoms with Gasteiger partial charge in [-0.25, -0.2) is 0 Å². The first-order valence-electron chi connectivity index (χ1n) is 3.92. The molecule has 0 unspecified atom stereocenters. The quantitative estimate of drug-likeness (QED) is 0.437. The van der Waals surface area contributed by atoms with Crippen molar-refractivity contribution in [3.05, 3.63) is 24.3 Å². The molecule has 0 aliphatic heterocycles. The van der Waals surface area contributed by atoms with Crippen molar-refractivity contribution in [1.29, 1.82) is 0 Å². The van der Waals surface area contributed by atoms with Gasteiger partial charge in [-0.2, -0.15) is 0 Å². The van der Waals surface area contributed by atoms with Crippen LogP contribution in [0.15, 0.2) is 24.3 Å². The Balaban J connectivity index is 3.59. The minimum Gasteiger partial charge on any atom is -0.303 e. The Bertz CT molecular complexity index is 144. The van der Waals surface area contributed by atoms with Crippen LogP contribution in [0.1, 0.15) is 26.7 Å². The van der Waals surface area contributed by atoms with Crippen LogP contribution in [0, 0.1) is 5.92 Å². The van der Waals surface area contributed by atoms with Crippen molar-refractivity contribution in [2.45, 2.75) is 26.7 Å². The summed E-state index contributed by atoms with van der Waals surface area (Å²) >= 11 is 0. The number of carbonyl (C=O) groups excluding carboxylic acids is 1. The molecule has 0 saturated heterocycles. The average molecular weight is 152 g/mol. The lowest BCUT2D eigenvalue weighted by molar-refractivity contribution is -0.110. The van der Waals surface area contributed by atoms with Crippen molar-refractivity contribution >= 4 is 6.29 Å². The third-order valence-corrected chi connectivity index (χ3v) is 1.53. The molecule has 0 spiro atoms. The van der Waals surface area contributed by atoms with Crippen molar-refractivity contribution in [2.24, 2.45) is 5.92 Å². The second-order valence-corrected chi connectivity index (χ2v) is 2.89. The van der Waals surface area contributed by atoms with Crippen LogP contribution in [-0.2, 0) is 4.79 Å². The monoisotopic (exact) mass is 152 g/mol. The molecule has 0 fully saturated rings. The van der Waals surface area contributed by atoms with Crippen LogP contribution in [0.4, 0.5) is 0 Å². The number of carbonyl (C=O) groups is 1. The predicted octanol–water partition coefficient (Wildman–Crippen LogP) is 2.73. The molecule has 62 valence electrons. The van der Waals surface area contributed by atoms with Crippen LogP contribution >= 0.6 is 0 Å². The van der Waals surface area contributed by atoms with E-state index in [1.807, 2.05) is 0 Å². The molecule has 1 nitrogen and oxygen atoms in total. The molecule has 0 aliphatic carbocycles. The second kappa shape index (κ2) is 5.90. The number of hydrogen-bond donors (Lipinski definition) is 0. The molecular formula is C10H16O. The highest BCUT2D eigenvalue weighted by Crippen LogP contribution is 2.06. The summed E-state index contributed by atoms with van der Waals surface area (Å²) in [5, 5.41) is 0. The lowest BCUT2D eigenvalue weighted by Gasteiger charge is -2.00. The van der Waals surface area contributed by atoms with E-state index in [1.54, 1.807) is 6.08 Å². The largest absolute Gasteiger partial charge is 0.303 e. The van der Waals surface area contributed by atoms with Crippen LogP contribution < -0.4 is 0 Å². The Morgan fingerprint density at radius 3 is 2.55 bits per heavy atom. The highest BCUT2D eigenvalue weighted by molar-refractivity contribution is 5.56. The van der Waals surface area contributed by atoms with E-state index >= 15 is 0 Å². The van der Waals surface area contributed by atoms with Crippen molar-refractivity contribution in [3.8, 4) is 0 Å². The standard InChI is InChI=1S/C10H16O/c1-4-10(8-11)7-5-6-9(2)3/h4,6,8,10H,1,5,7H2,2-3H3/t10-/m1/s1. The maximum atomic E-state index is 10.3. The summed E-state index contributed by atoms with van der Waals surface area (Å²) in [4.78, 5) is 10.3. The minimum absolute atomic E-state index is 0.0330. The van der Waals surface area contributed by atoms with E-state index in [1.165, 1.54) is 5.57 Å². The van der Waals surface area contributed by atoms with Crippen LogP contribution in [0.5, 0.6) is 0 Å². The van der Waals surface area contributed by atoms with E-state index in [4.69, 9.17) is 0 Å². The van der Waals surface area contributed by atoms with E-state index < -0.39 is 0 Å². The summed E-state index contributed by atoms with van der Waals surface area (Å²) in [6.07, 6.45) is 6.65. The first-order valence-corrected chi connectivity index (χ1v) is 3.92. The van der Waals surface area contributed by atoms with E-state index in [2.05, 4.69) is 26.5 Å². The molecule has 0 bridgehead atoms. The normalized spacial score (nSPS) is 11.8. The van der Waals surface area contributed by atoms with Gasteiger partial charge in [0.25, 0.3) is 0 Å². The molecule has 1 atom stereocenters. The summed E-state index contributed by atoms with van der Waals surface area (Å²) in [5.74, 6) is 0.0330. The summed E-state index contributed by atoms with van der Waals surface area (Å²) in [6, 6.07) is 0. The molecule has 0 N–H and O–H groups in total. The predicted molar refractivity (Wildman–Crippen MR) is 48.4 cm³/mol. The van der Waals surface area contributed by atoms with Crippen molar-refractivity contribution < 1.29 is 4.79 Å². The van der Waals surface area contributed by atoms with E-state index in [9.17, 15) is 4.79 Å². The number of hydrogen-bond acceptors (Lipinski definition) is 1. The zero-order valence-electron chi connectivity index (χ0n) is 7.34. The van der Waals surface area contributed by atoms with Crippen LogP contribution in [-0.4, -0.2) is 6.29 Å². The maximum Gasteiger partial charge on any atom is 0.126 e. The third-order valence-electron chi connectivity index (χ3n) is 1.53. The number of rotatable bonds is 5. The van der Waals surface area contributed by atoms with Crippen LogP contribution in [0.25, 0.3) is 0 Å². The lowest BCUT2D eigenvalue weighted by atomic mass is 10.0. The van der Waals surface area contributed by atoms with Crippen molar-refractivity contribution in [3.63, 3.8) is 0 Å². The van der Waals surface area contributed by atoms with E-state index in [0.29, 0.717) is 0 Å². The van der Waals surface area contributed by atoms with Crippen LogP contribution in [0.3, 0.4) is 0 Å². The van der Waals surface area contributed by atoms with Crippen molar-refractivity contribution in [2.75, 3.05) is 0 Å². The topological polar surface area (TPSA) is 17.1 Å². The Labute approximate surface area is 68.8 Å². The molecule has 0 saturated carbocycles. The summed E-state index contributed by atoms with van der Waals surface area (Å²) < 4.78 is 0. The molecule has 1 heteroatoms. The Morgan fingerprint density at radius 1 is 1.55 bits per heavy atom. The molecule has 0 aliphatic rings. The molecule has 0 amide bonds. The molecular weight excluding hydrogens is 136 g/mol. The van der Waals surface area contributed by atoms with Gasteiger partial charge < -0.3 is 4.79 Å². The molecule has 0 aromatic rings. The second-order valence-electron chi connectivity index (χ2n) is 2.89. The minimum atomic E-state index is 0.0330. The Kier molecular flexibility index (Phi) is 5.44.